The standard InChI is InChI=1S/C55H91ClN6O23/c1-27(63)73-26-36-41(75-29(3)65)38(62-50(72)85-55(17,18)19)42(76-30(4)66)45(78-36)80-39-33(59-43(67)35(74-28(2)64)22-23-57-46(68)81-51(5,6)7)24-34(61-49(71)84-54(14,15)16)40(37(39)56)79-44-32(60-48(70)83-53(11,12)13)21-20-31(77-44)25-58-47(69)82-52(8,9)10/h31-42,44-45H,20-26H2,1-19H3,(H,57,68)(H,58,69)(H,59,67)(H,60,70)(H,61,71)(H,62,72)/t31?,32?,33-,34+,35+,36?,37?,38+,39+,40?,41-,42?,44-,45-/m1/s1. The van der Waals surface area contributed by atoms with Gasteiger partial charge in [0.15, 0.2) is 30.9 Å². The predicted octanol–water partition coefficient (Wildman–Crippen LogP) is 4.96. The van der Waals surface area contributed by atoms with Crippen LogP contribution in [0.2, 0.25) is 0 Å². The van der Waals surface area contributed by atoms with E-state index in [0.29, 0.717) is 0 Å². The molecule has 6 unspecified atom stereocenters. The van der Waals surface area contributed by atoms with Gasteiger partial charge in [0, 0.05) is 47.2 Å². The van der Waals surface area contributed by atoms with Crippen LogP contribution in [0.5, 0.6) is 0 Å². The number of carbonyl (C=O) groups is 10. The Bertz CT molecular complexity index is 2330. The van der Waals surface area contributed by atoms with Crippen LogP contribution in [0.1, 0.15) is 157 Å². The minimum absolute atomic E-state index is 0.114. The van der Waals surface area contributed by atoms with Crippen LogP contribution in [-0.4, -0.2) is 193 Å². The molecule has 6 amide bonds. The van der Waals surface area contributed by atoms with Crippen molar-refractivity contribution < 1.29 is 110 Å². The van der Waals surface area contributed by atoms with Crippen molar-refractivity contribution >= 4 is 71.9 Å². The van der Waals surface area contributed by atoms with Crippen LogP contribution >= 0.6 is 11.6 Å². The van der Waals surface area contributed by atoms with Crippen molar-refractivity contribution in [2.75, 3.05) is 19.7 Å². The molecule has 6 N–H and O–H groups in total. The normalized spacial score (nSPS) is 26.7. The van der Waals surface area contributed by atoms with Crippen molar-refractivity contribution in [3.05, 3.63) is 0 Å². The topological polar surface area (TPSA) is 363 Å². The zero-order valence-electron chi connectivity index (χ0n) is 52.3. The van der Waals surface area contributed by atoms with Gasteiger partial charge in [-0.3, -0.25) is 24.0 Å². The lowest BCUT2D eigenvalue weighted by molar-refractivity contribution is -0.305. The highest BCUT2D eigenvalue weighted by Crippen LogP contribution is 2.37. The summed E-state index contributed by atoms with van der Waals surface area (Å²) in [6.45, 7) is 27.6. The zero-order chi connectivity index (χ0) is 64.7. The van der Waals surface area contributed by atoms with E-state index in [-0.39, 0.29) is 32.4 Å². The Kier molecular flexibility index (Phi) is 26.6. The third-order valence-electron chi connectivity index (χ3n) is 11.6. The summed E-state index contributed by atoms with van der Waals surface area (Å²) in [6.07, 6.45) is -18.9. The summed E-state index contributed by atoms with van der Waals surface area (Å²) in [5, 5.41) is 14.5. The van der Waals surface area contributed by atoms with E-state index in [1.807, 2.05) is 0 Å². The molecule has 0 bridgehead atoms. The highest BCUT2D eigenvalue weighted by molar-refractivity contribution is 6.21. The predicted molar refractivity (Wildman–Crippen MR) is 298 cm³/mol. The van der Waals surface area contributed by atoms with Crippen LogP contribution in [0, 0.1) is 0 Å². The second-order valence-electron chi connectivity index (χ2n) is 25.6. The summed E-state index contributed by atoms with van der Waals surface area (Å²) >= 11 is 7.66. The first-order valence-electron chi connectivity index (χ1n) is 28.0. The van der Waals surface area contributed by atoms with Gasteiger partial charge in [-0.05, 0) is 123 Å². The first kappa shape index (κ1) is 73.1. The smallest absolute Gasteiger partial charge is 0.408 e. The third-order valence-corrected chi connectivity index (χ3v) is 12.1. The number of hydrogen-bond acceptors (Lipinski definition) is 23. The number of carbonyl (C=O) groups excluding carboxylic acids is 10. The maximum absolute atomic E-state index is 14.7. The maximum atomic E-state index is 14.7. The molecule has 0 radical (unpaired) electrons. The van der Waals surface area contributed by atoms with Gasteiger partial charge < -0.3 is 93.5 Å². The van der Waals surface area contributed by atoms with E-state index in [9.17, 15) is 47.9 Å². The average molecular weight is 1240 g/mol. The van der Waals surface area contributed by atoms with Crippen LogP contribution in [-0.2, 0) is 85.6 Å². The highest BCUT2D eigenvalue weighted by atomic mass is 35.5. The molecule has 29 nitrogen and oxygen atoms in total. The fourth-order valence-corrected chi connectivity index (χ4v) is 9.24. The minimum Gasteiger partial charge on any atom is -0.463 e. The second-order valence-corrected chi connectivity index (χ2v) is 26.1. The molecular weight excluding hydrogens is 1150 g/mol. The van der Waals surface area contributed by atoms with Crippen LogP contribution < -0.4 is 31.9 Å². The van der Waals surface area contributed by atoms with Gasteiger partial charge >= 0.3 is 54.3 Å². The summed E-state index contributed by atoms with van der Waals surface area (Å²) in [7, 11) is 0. The molecule has 85 heavy (non-hydrogen) atoms. The van der Waals surface area contributed by atoms with Crippen molar-refractivity contribution in [1.29, 1.82) is 0 Å². The number of ether oxygens (including phenoxy) is 13. The van der Waals surface area contributed by atoms with Crippen molar-refractivity contribution in [1.82, 2.24) is 31.9 Å². The van der Waals surface area contributed by atoms with E-state index in [4.69, 9.17) is 73.2 Å². The van der Waals surface area contributed by atoms with E-state index in [2.05, 4.69) is 31.9 Å². The van der Waals surface area contributed by atoms with Crippen LogP contribution in [0.15, 0.2) is 0 Å². The van der Waals surface area contributed by atoms with Crippen LogP contribution in [0.4, 0.5) is 24.0 Å². The molecule has 0 aromatic heterocycles. The fourth-order valence-electron chi connectivity index (χ4n) is 8.77. The molecule has 0 spiro atoms. The van der Waals surface area contributed by atoms with Crippen molar-refractivity contribution in [2.24, 2.45) is 0 Å². The number of hydrogen-bond donors (Lipinski definition) is 6. The molecule has 2 saturated heterocycles. The Hall–Kier alpha value is -6.17. The first-order valence-corrected chi connectivity index (χ1v) is 28.4. The summed E-state index contributed by atoms with van der Waals surface area (Å²) in [6, 6.07) is -5.42. The fraction of sp³-hybridized carbons (Fsp3) is 0.818. The largest absolute Gasteiger partial charge is 0.463 e. The van der Waals surface area contributed by atoms with E-state index in [0.717, 1.165) is 27.7 Å². The molecular formula is C55H91ClN6O23. The summed E-state index contributed by atoms with van der Waals surface area (Å²) in [4.78, 5) is 132. The van der Waals surface area contributed by atoms with Gasteiger partial charge in [0.05, 0.1) is 29.6 Å². The number of amides is 6. The second kappa shape index (κ2) is 31.0. The lowest BCUT2D eigenvalue weighted by Crippen LogP contribution is -2.70. The van der Waals surface area contributed by atoms with Crippen molar-refractivity contribution in [3.63, 3.8) is 0 Å². The van der Waals surface area contributed by atoms with E-state index in [1.54, 1.807) is 104 Å². The van der Waals surface area contributed by atoms with Gasteiger partial charge in [-0.15, -0.1) is 11.6 Å². The molecule has 14 atom stereocenters. The van der Waals surface area contributed by atoms with Crippen LogP contribution in [0.3, 0.4) is 0 Å². The molecule has 3 rings (SSSR count). The van der Waals surface area contributed by atoms with Gasteiger partial charge in [-0.25, -0.2) is 24.0 Å². The molecule has 3 fully saturated rings. The van der Waals surface area contributed by atoms with E-state index < -0.39 is 186 Å². The Labute approximate surface area is 501 Å². The number of nitrogens with one attached hydrogen (secondary N) is 6. The Morgan fingerprint density at radius 1 is 0.494 bits per heavy atom. The van der Waals surface area contributed by atoms with Gasteiger partial charge in [-0.1, -0.05) is 0 Å². The Morgan fingerprint density at radius 3 is 1.42 bits per heavy atom. The van der Waals surface area contributed by atoms with Gasteiger partial charge in [0.1, 0.15) is 59.0 Å². The Morgan fingerprint density at radius 2 is 0.941 bits per heavy atom. The van der Waals surface area contributed by atoms with Gasteiger partial charge in [-0.2, -0.15) is 0 Å². The summed E-state index contributed by atoms with van der Waals surface area (Å²) < 4.78 is 76.4. The molecule has 30 heteroatoms. The van der Waals surface area contributed by atoms with Crippen molar-refractivity contribution in [2.45, 2.75) is 270 Å². The Balaban J connectivity index is 2.37. The molecule has 0 aromatic carbocycles. The zero-order valence-corrected chi connectivity index (χ0v) is 53.1. The monoisotopic (exact) mass is 1240 g/mol. The van der Waals surface area contributed by atoms with Gasteiger partial charge in [0.25, 0.3) is 5.91 Å². The summed E-state index contributed by atoms with van der Waals surface area (Å²) in [5.41, 5.74) is -4.89. The number of alkyl carbamates (subject to hydrolysis) is 5. The molecule has 0 aromatic rings. The van der Waals surface area contributed by atoms with Crippen molar-refractivity contribution in [3.8, 4) is 0 Å². The molecule has 2 aliphatic heterocycles. The lowest BCUT2D eigenvalue weighted by Gasteiger charge is -2.50. The number of halogens is 1. The van der Waals surface area contributed by atoms with E-state index in [1.165, 1.54) is 0 Å². The molecule has 2 heterocycles. The highest BCUT2D eigenvalue weighted by Gasteiger charge is 2.56. The minimum atomic E-state index is -1.93. The molecule has 486 valence electrons. The van der Waals surface area contributed by atoms with Crippen LogP contribution in [0.25, 0.3) is 0 Å². The lowest BCUT2D eigenvalue weighted by atomic mass is 9.84. The average Bonchev–Trinajstić information content (AvgIpc) is 1.40. The number of alkyl halides is 1. The van der Waals surface area contributed by atoms with Gasteiger partial charge in [0.2, 0.25) is 0 Å². The molecule has 3 aliphatic rings. The van der Waals surface area contributed by atoms with E-state index >= 15 is 0 Å². The quantitative estimate of drug-likeness (QED) is 0.0565. The number of rotatable bonds is 19. The molecule has 1 saturated carbocycles. The third kappa shape index (κ3) is 27.4. The SMILES string of the molecule is CC(=O)OCC1O[C@H](O[C@@H]2C(Cl)C(O[C@H]3OC(CNC(=O)OC(C)(C)C)CCC3NC(=O)OC(C)(C)C)[C@@H](NC(=O)OC(C)(C)C)C[C@H]2NC(=O)[C@H](CCNC(=O)OC(C)(C)C)OC(C)=O)C(OC(C)=O)[C@@H](NC(=O)OC(C)(C)C)[C@@H]1OC(C)=O. The maximum Gasteiger partial charge on any atom is 0.408 e. The number of esters is 4. The molecule has 1 aliphatic carbocycles. The first-order chi connectivity index (χ1) is 38.9. The summed E-state index contributed by atoms with van der Waals surface area (Å²) in [5.74, 6) is -4.57.